The lowest BCUT2D eigenvalue weighted by atomic mass is 10.1. The van der Waals surface area contributed by atoms with E-state index < -0.39 is 12.1 Å². The van der Waals surface area contributed by atoms with Gasteiger partial charge in [-0.15, -0.1) is 0 Å². The van der Waals surface area contributed by atoms with E-state index in [1.807, 2.05) is 69.5 Å². The number of hydrogen-bond acceptors (Lipinski definition) is 3. The standard InChI is InChI=1S/C20H26N2O3/c1-13-12-17(14(2)22(13)16-10-8-7-9-11-16)19(24)25-15(3)18(23)21-20(4,5)6/h7-12,15H,1-6H3,(H,21,23). The van der Waals surface area contributed by atoms with Crippen LogP contribution in [0.15, 0.2) is 36.4 Å². The number of nitrogens with one attached hydrogen (secondary N) is 1. The van der Waals surface area contributed by atoms with E-state index in [9.17, 15) is 9.59 Å². The predicted octanol–water partition coefficient (Wildman–Crippen LogP) is 3.55. The van der Waals surface area contributed by atoms with Gasteiger partial charge in [-0.05, 0) is 59.7 Å². The van der Waals surface area contributed by atoms with Gasteiger partial charge in [-0.2, -0.15) is 0 Å². The molecule has 5 heteroatoms. The minimum atomic E-state index is -0.855. The molecule has 0 aliphatic rings. The first kappa shape index (κ1) is 18.8. The Morgan fingerprint density at radius 2 is 1.72 bits per heavy atom. The average Bonchev–Trinajstić information content (AvgIpc) is 2.81. The molecule has 1 unspecified atom stereocenters. The zero-order valence-electron chi connectivity index (χ0n) is 15.7. The van der Waals surface area contributed by atoms with Gasteiger partial charge in [0, 0.05) is 22.6 Å². The molecule has 0 aliphatic carbocycles. The Labute approximate surface area is 149 Å². The number of aromatic nitrogens is 1. The summed E-state index contributed by atoms with van der Waals surface area (Å²) in [4.78, 5) is 24.6. The molecule has 5 nitrogen and oxygen atoms in total. The summed E-state index contributed by atoms with van der Waals surface area (Å²) in [5.41, 5.74) is 2.80. The number of esters is 1. The van der Waals surface area contributed by atoms with Crippen LogP contribution in [-0.4, -0.2) is 28.1 Å². The number of hydrogen-bond donors (Lipinski definition) is 1. The number of carbonyl (C=O) groups is 2. The molecule has 0 aliphatic heterocycles. The van der Waals surface area contributed by atoms with Gasteiger partial charge in [0.2, 0.25) is 0 Å². The number of aryl methyl sites for hydroxylation is 1. The summed E-state index contributed by atoms with van der Waals surface area (Å²) in [5, 5.41) is 2.81. The van der Waals surface area contributed by atoms with E-state index in [0.717, 1.165) is 17.1 Å². The molecule has 0 radical (unpaired) electrons. The fourth-order valence-corrected chi connectivity index (χ4v) is 2.69. The summed E-state index contributed by atoms with van der Waals surface area (Å²) in [5.74, 6) is -0.801. The van der Waals surface area contributed by atoms with Gasteiger partial charge in [-0.1, -0.05) is 18.2 Å². The van der Waals surface area contributed by atoms with Crippen molar-refractivity contribution in [1.29, 1.82) is 0 Å². The predicted molar refractivity (Wildman–Crippen MR) is 98.0 cm³/mol. The van der Waals surface area contributed by atoms with Gasteiger partial charge < -0.3 is 14.6 Å². The van der Waals surface area contributed by atoms with E-state index in [1.165, 1.54) is 0 Å². The van der Waals surface area contributed by atoms with Gasteiger partial charge in [0.1, 0.15) is 0 Å². The summed E-state index contributed by atoms with van der Waals surface area (Å²) < 4.78 is 7.36. The SMILES string of the molecule is Cc1cc(C(=O)OC(C)C(=O)NC(C)(C)C)c(C)n1-c1ccccc1. The lowest BCUT2D eigenvalue weighted by Crippen LogP contribution is -2.46. The van der Waals surface area contributed by atoms with E-state index in [1.54, 1.807) is 13.0 Å². The molecule has 0 saturated carbocycles. The number of amides is 1. The van der Waals surface area contributed by atoms with Crippen LogP contribution in [0.4, 0.5) is 0 Å². The third-order valence-electron chi connectivity index (χ3n) is 3.82. The van der Waals surface area contributed by atoms with E-state index in [-0.39, 0.29) is 11.4 Å². The first-order valence-corrected chi connectivity index (χ1v) is 8.37. The first-order chi connectivity index (χ1) is 11.6. The minimum Gasteiger partial charge on any atom is -0.449 e. The number of rotatable bonds is 4. The van der Waals surface area contributed by atoms with Gasteiger partial charge in [0.25, 0.3) is 5.91 Å². The Morgan fingerprint density at radius 3 is 2.28 bits per heavy atom. The van der Waals surface area contributed by atoms with Crippen molar-refractivity contribution < 1.29 is 14.3 Å². The third-order valence-corrected chi connectivity index (χ3v) is 3.82. The maximum Gasteiger partial charge on any atom is 0.340 e. The molecule has 1 aromatic carbocycles. The third kappa shape index (κ3) is 4.50. The van der Waals surface area contributed by atoms with Gasteiger partial charge in [-0.3, -0.25) is 4.79 Å². The minimum absolute atomic E-state index is 0.308. The van der Waals surface area contributed by atoms with Gasteiger partial charge >= 0.3 is 5.97 Å². The largest absolute Gasteiger partial charge is 0.449 e. The van der Waals surface area contributed by atoms with Crippen LogP contribution in [0.1, 0.15) is 49.4 Å². The van der Waals surface area contributed by atoms with Crippen molar-refractivity contribution >= 4 is 11.9 Å². The summed E-state index contributed by atoms with van der Waals surface area (Å²) in [7, 11) is 0. The number of benzene rings is 1. The van der Waals surface area contributed by atoms with Crippen LogP contribution >= 0.6 is 0 Å². The van der Waals surface area contributed by atoms with E-state index >= 15 is 0 Å². The van der Waals surface area contributed by atoms with Crippen LogP contribution in [0.5, 0.6) is 0 Å². The van der Waals surface area contributed by atoms with Crippen molar-refractivity contribution in [3.8, 4) is 5.69 Å². The quantitative estimate of drug-likeness (QED) is 0.864. The highest BCUT2D eigenvalue weighted by molar-refractivity contribution is 5.93. The fraction of sp³-hybridized carbons (Fsp3) is 0.400. The lowest BCUT2D eigenvalue weighted by molar-refractivity contribution is -0.130. The van der Waals surface area contributed by atoms with Crippen molar-refractivity contribution in [2.45, 2.75) is 53.2 Å². The Kier molecular flexibility index (Phi) is 5.36. The molecule has 1 N–H and O–H groups in total. The van der Waals surface area contributed by atoms with Crippen LogP contribution in [0.2, 0.25) is 0 Å². The highest BCUT2D eigenvalue weighted by atomic mass is 16.5. The second kappa shape index (κ2) is 7.13. The fourth-order valence-electron chi connectivity index (χ4n) is 2.69. The number of carbonyl (C=O) groups excluding carboxylic acids is 2. The van der Waals surface area contributed by atoms with E-state index in [2.05, 4.69) is 5.32 Å². The summed E-state index contributed by atoms with van der Waals surface area (Å²) in [6.45, 7) is 11.0. The topological polar surface area (TPSA) is 60.3 Å². The van der Waals surface area contributed by atoms with Crippen LogP contribution in [0, 0.1) is 13.8 Å². The molecule has 0 spiro atoms. The van der Waals surface area contributed by atoms with Crippen molar-refractivity contribution in [2.75, 3.05) is 0 Å². The molecule has 1 atom stereocenters. The zero-order chi connectivity index (χ0) is 18.8. The Balaban J connectivity index is 2.20. The van der Waals surface area contributed by atoms with Crippen molar-refractivity contribution in [3.63, 3.8) is 0 Å². The highest BCUT2D eigenvalue weighted by Crippen LogP contribution is 2.21. The first-order valence-electron chi connectivity index (χ1n) is 8.37. The molecule has 2 rings (SSSR count). The Bertz CT molecular complexity index is 770. The molecule has 134 valence electrons. The monoisotopic (exact) mass is 342 g/mol. The zero-order valence-corrected chi connectivity index (χ0v) is 15.7. The Hall–Kier alpha value is -2.56. The molecular formula is C20H26N2O3. The van der Waals surface area contributed by atoms with Crippen LogP contribution in [0.3, 0.4) is 0 Å². The molecule has 0 saturated heterocycles. The molecule has 2 aromatic rings. The molecule has 0 bridgehead atoms. The van der Waals surface area contributed by atoms with E-state index in [0.29, 0.717) is 5.56 Å². The van der Waals surface area contributed by atoms with Crippen LogP contribution < -0.4 is 5.32 Å². The van der Waals surface area contributed by atoms with Gasteiger partial charge in [0.15, 0.2) is 6.10 Å². The maximum atomic E-state index is 12.5. The molecule has 1 heterocycles. The second-order valence-electron chi connectivity index (χ2n) is 7.24. The number of nitrogens with zero attached hydrogens (tertiary/aromatic N) is 1. The van der Waals surface area contributed by atoms with Crippen molar-refractivity contribution in [3.05, 3.63) is 53.3 Å². The van der Waals surface area contributed by atoms with Crippen LogP contribution in [-0.2, 0) is 9.53 Å². The summed E-state index contributed by atoms with van der Waals surface area (Å²) in [6, 6.07) is 11.6. The van der Waals surface area contributed by atoms with E-state index in [4.69, 9.17) is 4.74 Å². The molecule has 1 amide bonds. The highest BCUT2D eigenvalue weighted by Gasteiger charge is 2.25. The average molecular weight is 342 g/mol. The normalized spacial score (nSPS) is 12.6. The Morgan fingerprint density at radius 1 is 1.12 bits per heavy atom. The molecule has 1 aromatic heterocycles. The summed E-state index contributed by atoms with van der Waals surface area (Å²) in [6.07, 6.45) is -0.855. The van der Waals surface area contributed by atoms with Crippen LogP contribution in [0.25, 0.3) is 5.69 Å². The molecular weight excluding hydrogens is 316 g/mol. The summed E-state index contributed by atoms with van der Waals surface area (Å²) >= 11 is 0. The smallest absolute Gasteiger partial charge is 0.340 e. The molecule has 0 fully saturated rings. The molecule has 25 heavy (non-hydrogen) atoms. The van der Waals surface area contributed by atoms with Gasteiger partial charge in [-0.25, -0.2) is 4.79 Å². The second-order valence-corrected chi connectivity index (χ2v) is 7.24. The number of ether oxygens (including phenoxy) is 1. The lowest BCUT2D eigenvalue weighted by Gasteiger charge is -2.23. The van der Waals surface area contributed by atoms with Gasteiger partial charge in [0.05, 0.1) is 5.56 Å². The van der Waals surface area contributed by atoms with Crippen molar-refractivity contribution in [2.24, 2.45) is 0 Å². The maximum absolute atomic E-state index is 12.5. The number of para-hydroxylation sites is 1. The van der Waals surface area contributed by atoms with Crippen molar-refractivity contribution in [1.82, 2.24) is 9.88 Å².